The van der Waals surface area contributed by atoms with Gasteiger partial charge in [-0.05, 0) is 36.8 Å². The molecule has 2 aromatic rings. The van der Waals surface area contributed by atoms with Crippen LogP contribution >= 0.6 is 0 Å². The first-order valence-corrected chi connectivity index (χ1v) is 9.45. The lowest BCUT2D eigenvalue weighted by Gasteiger charge is -2.35. The van der Waals surface area contributed by atoms with Crippen molar-refractivity contribution in [3.8, 4) is 11.3 Å². The lowest BCUT2D eigenvalue weighted by molar-refractivity contribution is -0.137. The maximum Gasteiger partial charge on any atom is 0.416 e. The summed E-state index contributed by atoms with van der Waals surface area (Å²) >= 11 is 0. The summed E-state index contributed by atoms with van der Waals surface area (Å²) < 4.78 is 39.3. The standard InChI is InChI=1S/C21H20F3N5O/c1-3-18(25-2)27-20(30)29-15-9-10-28(12-15)17-8-7-16(26-19(17)29)13-5-4-6-14(11-13)21(22,23)24/h3-8,11,15H,1,9-10,12H2,2H3,(H,25,27,30). The molecule has 1 aromatic carbocycles. The first kappa shape index (κ1) is 19.9. The first-order chi connectivity index (χ1) is 14.3. The van der Waals surface area contributed by atoms with Crippen LogP contribution in [0.4, 0.5) is 29.5 Å². The molecular weight excluding hydrogens is 395 g/mol. The van der Waals surface area contributed by atoms with E-state index in [1.54, 1.807) is 24.1 Å². The van der Waals surface area contributed by atoms with Gasteiger partial charge in [0.2, 0.25) is 0 Å². The first-order valence-electron chi connectivity index (χ1n) is 9.45. The Morgan fingerprint density at radius 2 is 2.13 bits per heavy atom. The third-order valence-corrected chi connectivity index (χ3v) is 5.33. The van der Waals surface area contributed by atoms with E-state index in [2.05, 4.69) is 26.8 Å². The minimum Gasteiger partial charge on any atom is -0.366 e. The number of hydrogen-bond donors (Lipinski definition) is 1. The monoisotopic (exact) mass is 415 g/mol. The maximum absolute atomic E-state index is 13.1. The lowest BCUT2D eigenvalue weighted by Crippen LogP contribution is -2.51. The van der Waals surface area contributed by atoms with Crippen molar-refractivity contribution in [1.29, 1.82) is 0 Å². The molecule has 2 aliphatic heterocycles. The highest BCUT2D eigenvalue weighted by molar-refractivity contribution is 6.09. The maximum atomic E-state index is 13.1. The summed E-state index contributed by atoms with van der Waals surface area (Å²) in [5.74, 6) is 0.756. The molecule has 0 radical (unpaired) electrons. The van der Waals surface area contributed by atoms with Crippen LogP contribution in [0.2, 0.25) is 0 Å². The number of urea groups is 1. The molecule has 6 nitrogen and oxygen atoms in total. The van der Waals surface area contributed by atoms with E-state index in [0.717, 1.165) is 30.8 Å². The zero-order valence-electron chi connectivity index (χ0n) is 16.3. The van der Waals surface area contributed by atoms with Crippen molar-refractivity contribution >= 4 is 23.4 Å². The van der Waals surface area contributed by atoms with Crippen LogP contribution in [0.5, 0.6) is 0 Å². The molecule has 30 heavy (non-hydrogen) atoms. The van der Waals surface area contributed by atoms with Gasteiger partial charge < -0.3 is 4.90 Å². The number of amidine groups is 1. The fraction of sp³-hybridized carbons (Fsp3) is 0.286. The van der Waals surface area contributed by atoms with Crippen LogP contribution in [0.3, 0.4) is 0 Å². The molecule has 1 fully saturated rings. The van der Waals surface area contributed by atoms with E-state index < -0.39 is 17.8 Å². The number of aromatic nitrogens is 1. The Morgan fingerprint density at radius 1 is 1.33 bits per heavy atom. The van der Waals surface area contributed by atoms with Crippen molar-refractivity contribution in [3.05, 3.63) is 54.6 Å². The molecule has 2 bridgehead atoms. The topological polar surface area (TPSA) is 60.8 Å². The Balaban J connectivity index is 1.75. The Morgan fingerprint density at radius 3 is 2.83 bits per heavy atom. The molecule has 3 heterocycles. The van der Waals surface area contributed by atoms with Crippen molar-refractivity contribution in [2.75, 3.05) is 29.9 Å². The van der Waals surface area contributed by atoms with Crippen molar-refractivity contribution in [2.24, 2.45) is 4.99 Å². The van der Waals surface area contributed by atoms with E-state index in [1.807, 2.05) is 6.07 Å². The van der Waals surface area contributed by atoms with Gasteiger partial charge >= 0.3 is 12.2 Å². The molecule has 4 rings (SSSR count). The number of rotatable bonds is 2. The van der Waals surface area contributed by atoms with E-state index in [9.17, 15) is 18.0 Å². The second-order valence-electron chi connectivity index (χ2n) is 7.12. The highest BCUT2D eigenvalue weighted by Crippen LogP contribution is 2.40. The predicted octanol–water partition coefficient (Wildman–Crippen LogP) is 4.09. The highest BCUT2D eigenvalue weighted by Gasteiger charge is 2.40. The number of halogens is 3. The Labute approximate surface area is 171 Å². The molecule has 1 aromatic heterocycles. The molecule has 1 saturated heterocycles. The number of carbonyl (C=O) groups excluding carboxylic acids is 1. The van der Waals surface area contributed by atoms with E-state index >= 15 is 0 Å². The highest BCUT2D eigenvalue weighted by atomic mass is 19.4. The van der Waals surface area contributed by atoms with Gasteiger partial charge in [-0.15, -0.1) is 0 Å². The van der Waals surface area contributed by atoms with Crippen molar-refractivity contribution in [2.45, 2.75) is 18.6 Å². The second-order valence-corrected chi connectivity index (χ2v) is 7.12. The molecule has 9 heteroatoms. The number of alkyl halides is 3. The Hall–Kier alpha value is -3.36. The summed E-state index contributed by atoms with van der Waals surface area (Å²) in [5, 5.41) is 2.71. The number of pyridine rings is 1. The Bertz CT molecular complexity index is 1030. The zero-order valence-corrected chi connectivity index (χ0v) is 16.3. The molecule has 2 aliphatic rings. The van der Waals surface area contributed by atoms with Gasteiger partial charge in [-0.25, -0.2) is 9.78 Å². The number of aliphatic imine (C=N–C) groups is 1. The largest absolute Gasteiger partial charge is 0.416 e. The number of fused-ring (bicyclic) bond motifs is 4. The lowest BCUT2D eigenvalue weighted by atomic mass is 10.1. The van der Waals surface area contributed by atoms with Crippen molar-refractivity contribution < 1.29 is 18.0 Å². The molecule has 0 spiro atoms. The van der Waals surface area contributed by atoms with Gasteiger partial charge in [0, 0.05) is 25.7 Å². The molecule has 1 unspecified atom stereocenters. The third-order valence-electron chi connectivity index (χ3n) is 5.33. The van der Waals surface area contributed by atoms with E-state index in [0.29, 0.717) is 29.5 Å². The molecule has 156 valence electrons. The van der Waals surface area contributed by atoms with Gasteiger partial charge in [-0.1, -0.05) is 18.7 Å². The summed E-state index contributed by atoms with van der Waals surface area (Å²) in [5.41, 5.74) is 0.743. The van der Waals surface area contributed by atoms with Crippen LogP contribution in [0.25, 0.3) is 11.3 Å². The average molecular weight is 415 g/mol. The molecule has 1 N–H and O–H groups in total. The van der Waals surface area contributed by atoms with Crippen LogP contribution in [0, 0.1) is 0 Å². The summed E-state index contributed by atoms with van der Waals surface area (Å²) in [4.78, 5) is 25.3. The fourth-order valence-electron chi connectivity index (χ4n) is 3.86. The van der Waals surface area contributed by atoms with Gasteiger partial charge in [0.1, 0.15) is 5.84 Å². The SMILES string of the molecule is C=CC(=NC)NC(=O)N1c2nc(-c3cccc(C(F)(F)F)c3)ccc2N2CCC1C2. The molecule has 1 atom stereocenters. The number of benzene rings is 1. The smallest absolute Gasteiger partial charge is 0.366 e. The number of amides is 2. The van der Waals surface area contributed by atoms with Crippen LogP contribution in [-0.4, -0.2) is 43.0 Å². The van der Waals surface area contributed by atoms with Gasteiger partial charge in [0.15, 0.2) is 5.82 Å². The summed E-state index contributed by atoms with van der Waals surface area (Å²) in [6.07, 6.45) is -2.23. The van der Waals surface area contributed by atoms with Gasteiger partial charge in [-0.3, -0.25) is 15.2 Å². The number of nitrogens with zero attached hydrogens (tertiary/aromatic N) is 4. The molecule has 2 amide bonds. The number of hydrogen-bond acceptors (Lipinski definition) is 4. The van der Waals surface area contributed by atoms with Gasteiger partial charge in [0.05, 0.1) is 23.0 Å². The average Bonchev–Trinajstić information content (AvgIpc) is 3.15. The van der Waals surface area contributed by atoms with Gasteiger partial charge in [-0.2, -0.15) is 13.2 Å². The number of anilines is 2. The van der Waals surface area contributed by atoms with Crippen molar-refractivity contribution in [1.82, 2.24) is 10.3 Å². The van der Waals surface area contributed by atoms with E-state index in [4.69, 9.17) is 0 Å². The zero-order chi connectivity index (χ0) is 21.5. The minimum atomic E-state index is -4.44. The minimum absolute atomic E-state index is 0.0790. The van der Waals surface area contributed by atoms with Crippen LogP contribution in [0.15, 0.2) is 54.0 Å². The van der Waals surface area contributed by atoms with Gasteiger partial charge in [0.25, 0.3) is 0 Å². The second kappa shape index (κ2) is 7.47. The van der Waals surface area contributed by atoms with E-state index in [1.165, 1.54) is 12.1 Å². The normalized spacial score (nSPS) is 18.3. The fourth-order valence-corrected chi connectivity index (χ4v) is 3.86. The van der Waals surface area contributed by atoms with Crippen LogP contribution < -0.4 is 15.1 Å². The molecular formula is C21H20F3N5O. The summed E-state index contributed by atoms with van der Waals surface area (Å²) in [6.45, 7) is 5.08. The third kappa shape index (κ3) is 3.51. The number of nitrogens with one attached hydrogen (secondary N) is 1. The Kier molecular flexibility index (Phi) is 4.97. The van der Waals surface area contributed by atoms with E-state index in [-0.39, 0.29) is 6.04 Å². The molecule has 0 saturated carbocycles. The summed E-state index contributed by atoms with van der Waals surface area (Å²) in [7, 11) is 1.54. The summed E-state index contributed by atoms with van der Waals surface area (Å²) in [6, 6.07) is 8.04. The molecule has 0 aliphatic carbocycles. The van der Waals surface area contributed by atoms with Crippen LogP contribution in [-0.2, 0) is 6.18 Å². The predicted molar refractivity (Wildman–Crippen MR) is 110 cm³/mol. The van der Waals surface area contributed by atoms with Crippen molar-refractivity contribution in [3.63, 3.8) is 0 Å². The quantitative estimate of drug-likeness (QED) is 0.594. The number of carbonyl (C=O) groups is 1. The van der Waals surface area contributed by atoms with Crippen LogP contribution in [0.1, 0.15) is 12.0 Å².